The van der Waals surface area contributed by atoms with Crippen molar-refractivity contribution in [1.29, 1.82) is 0 Å². The molecule has 2 aliphatic rings. The third-order valence-corrected chi connectivity index (χ3v) is 5.10. The summed E-state index contributed by atoms with van der Waals surface area (Å²) in [5.74, 6) is 0.708. The van der Waals surface area contributed by atoms with Crippen LogP contribution in [0.3, 0.4) is 0 Å². The van der Waals surface area contributed by atoms with Crippen molar-refractivity contribution in [1.82, 2.24) is 10.2 Å². The van der Waals surface area contributed by atoms with Gasteiger partial charge in [0.2, 0.25) is 5.91 Å². The standard InChI is InChI=1S/C16H20N2O3S/c19-15-10-18(8-7-17-15)16(20)13-5-1-2-6-14(13)22-11-12-4-3-9-21-12/h1-2,5-6,12H,3-4,7-11H2,(H,17,19). The van der Waals surface area contributed by atoms with Gasteiger partial charge in [-0.05, 0) is 25.0 Å². The van der Waals surface area contributed by atoms with Crippen molar-refractivity contribution in [2.75, 3.05) is 32.0 Å². The summed E-state index contributed by atoms with van der Waals surface area (Å²) in [5, 5.41) is 2.74. The van der Waals surface area contributed by atoms with E-state index in [1.807, 2.05) is 24.3 Å². The van der Waals surface area contributed by atoms with Crippen molar-refractivity contribution in [3.05, 3.63) is 29.8 Å². The minimum absolute atomic E-state index is 0.0645. The zero-order chi connectivity index (χ0) is 15.4. The molecule has 3 rings (SSSR count). The van der Waals surface area contributed by atoms with Gasteiger partial charge in [-0.15, -0.1) is 11.8 Å². The molecular weight excluding hydrogens is 300 g/mol. The molecule has 0 spiro atoms. The molecule has 0 radical (unpaired) electrons. The monoisotopic (exact) mass is 320 g/mol. The summed E-state index contributed by atoms with van der Waals surface area (Å²) in [5.41, 5.74) is 0.681. The molecule has 1 aromatic carbocycles. The van der Waals surface area contributed by atoms with Gasteiger partial charge in [0.05, 0.1) is 18.2 Å². The Morgan fingerprint density at radius 3 is 3.05 bits per heavy atom. The molecule has 2 aliphatic heterocycles. The van der Waals surface area contributed by atoms with Crippen LogP contribution in [0.2, 0.25) is 0 Å². The van der Waals surface area contributed by atoms with E-state index in [-0.39, 0.29) is 24.5 Å². The fourth-order valence-electron chi connectivity index (χ4n) is 2.71. The first-order valence-corrected chi connectivity index (χ1v) is 8.62. The van der Waals surface area contributed by atoms with E-state index in [4.69, 9.17) is 4.74 Å². The largest absolute Gasteiger partial charge is 0.377 e. The summed E-state index contributed by atoms with van der Waals surface area (Å²) in [4.78, 5) is 26.7. The van der Waals surface area contributed by atoms with Crippen LogP contribution in [0.4, 0.5) is 0 Å². The second-order valence-corrected chi connectivity index (χ2v) is 6.58. The maximum absolute atomic E-state index is 12.7. The smallest absolute Gasteiger partial charge is 0.255 e. The Bertz CT molecular complexity index is 558. The molecular formula is C16H20N2O3S. The quantitative estimate of drug-likeness (QED) is 0.855. The number of amides is 2. The molecule has 0 aliphatic carbocycles. The van der Waals surface area contributed by atoms with Crippen LogP contribution in [-0.4, -0.2) is 54.8 Å². The molecule has 1 atom stereocenters. The number of hydrogen-bond acceptors (Lipinski definition) is 4. The lowest BCUT2D eigenvalue weighted by atomic mass is 10.2. The molecule has 0 aromatic heterocycles. The van der Waals surface area contributed by atoms with Gasteiger partial charge in [-0.1, -0.05) is 12.1 Å². The Labute approximate surface area is 134 Å². The van der Waals surface area contributed by atoms with Gasteiger partial charge in [0.1, 0.15) is 0 Å². The first-order chi connectivity index (χ1) is 10.7. The zero-order valence-corrected chi connectivity index (χ0v) is 13.2. The van der Waals surface area contributed by atoms with E-state index >= 15 is 0 Å². The van der Waals surface area contributed by atoms with Gasteiger partial charge < -0.3 is 15.0 Å². The van der Waals surface area contributed by atoms with E-state index in [9.17, 15) is 9.59 Å². The van der Waals surface area contributed by atoms with Gasteiger partial charge in [0.15, 0.2) is 0 Å². The van der Waals surface area contributed by atoms with Crippen molar-refractivity contribution >= 4 is 23.6 Å². The maximum atomic E-state index is 12.7. The summed E-state index contributed by atoms with van der Waals surface area (Å²) >= 11 is 1.66. The molecule has 1 aromatic rings. The van der Waals surface area contributed by atoms with E-state index in [1.165, 1.54) is 0 Å². The first-order valence-electron chi connectivity index (χ1n) is 7.63. The van der Waals surface area contributed by atoms with Crippen molar-refractivity contribution in [3.8, 4) is 0 Å². The summed E-state index contributed by atoms with van der Waals surface area (Å²) in [6, 6.07) is 7.62. The van der Waals surface area contributed by atoms with Crippen LogP contribution in [0, 0.1) is 0 Å². The lowest BCUT2D eigenvalue weighted by Crippen LogP contribution is -2.50. The average Bonchev–Trinajstić information content (AvgIpc) is 3.06. The fourth-order valence-corrected chi connectivity index (χ4v) is 3.82. The number of nitrogens with zero attached hydrogens (tertiary/aromatic N) is 1. The summed E-state index contributed by atoms with van der Waals surface area (Å²) < 4.78 is 5.64. The maximum Gasteiger partial charge on any atom is 0.255 e. The normalized spacial score (nSPS) is 21.7. The molecule has 1 N–H and O–H groups in total. The summed E-state index contributed by atoms with van der Waals surface area (Å²) in [7, 11) is 0. The highest BCUT2D eigenvalue weighted by Gasteiger charge is 2.24. The number of carbonyl (C=O) groups excluding carboxylic acids is 2. The average molecular weight is 320 g/mol. The van der Waals surface area contributed by atoms with Gasteiger partial charge in [-0.25, -0.2) is 0 Å². The van der Waals surface area contributed by atoms with Crippen LogP contribution in [-0.2, 0) is 9.53 Å². The van der Waals surface area contributed by atoms with E-state index in [2.05, 4.69) is 5.32 Å². The number of piperazine rings is 1. The number of carbonyl (C=O) groups is 2. The van der Waals surface area contributed by atoms with E-state index in [0.717, 1.165) is 30.1 Å². The van der Waals surface area contributed by atoms with Crippen molar-refractivity contribution in [2.45, 2.75) is 23.8 Å². The van der Waals surface area contributed by atoms with Gasteiger partial charge >= 0.3 is 0 Å². The van der Waals surface area contributed by atoms with Crippen molar-refractivity contribution in [3.63, 3.8) is 0 Å². The van der Waals surface area contributed by atoms with Crippen LogP contribution >= 0.6 is 11.8 Å². The molecule has 2 heterocycles. The van der Waals surface area contributed by atoms with Crippen LogP contribution < -0.4 is 5.32 Å². The van der Waals surface area contributed by atoms with E-state index < -0.39 is 0 Å². The fraction of sp³-hybridized carbons (Fsp3) is 0.500. The molecule has 0 saturated carbocycles. The number of nitrogens with one attached hydrogen (secondary N) is 1. The van der Waals surface area contributed by atoms with Crippen LogP contribution in [0.25, 0.3) is 0 Å². The Morgan fingerprint density at radius 1 is 1.41 bits per heavy atom. The Morgan fingerprint density at radius 2 is 2.27 bits per heavy atom. The van der Waals surface area contributed by atoms with Crippen LogP contribution in [0.15, 0.2) is 29.2 Å². The molecule has 6 heteroatoms. The summed E-state index contributed by atoms with van der Waals surface area (Å²) in [6.07, 6.45) is 2.50. The number of thioether (sulfide) groups is 1. The predicted molar refractivity (Wildman–Crippen MR) is 85.1 cm³/mol. The highest BCUT2D eigenvalue weighted by Crippen LogP contribution is 2.27. The molecule has 118 valence electrons. The Hall–Kier alpha value is -1.53. The summed E-state index contributed by atoms with van der Waals surface area (Å²) in [6.45, 7) is 2.07. The molecule has 22 heavy (non-hydrogen) atoms. The Balaban J connectivity index is 1.69. The number of rotatable bonds is 4. The topological polar surface area (TPSA) is 58.6 Å². The molecule has 2 saturated heterocycles. The SMILES string of the molecule is O=C1CN(C(=O)c2ccccc2SCC2CCCO2)CCN1. The first kappa shape index (κ1) is 15.4. The van der Waals surface area contributed by atoms with Gasteiger partial charge in [0.25, 0.3) is 5.91 Å². The van der Waals surface area contributed by atoms with Gasteiger partial charge in [-0.2, -0.15) is 0 Å². The lowest BCUT2D eigenvalue weighted by molar-refractivity contribution is -0.123. The third kappa shape index (κ3) is 3.62. The minimum Gasteiger partial charge on any atom is -0.377 e. The highest BCUT2D eigenvalue weighted by atomic mass is 32.2. The zero-order valence-electron chi connectivity index (χ0n) is 12.4. The highest BCUT2D eigenvalue weighted by molar-refractivity contribution is 7.99. The molecule has 1 unspecified atom stereocenters. The van der Waals surface area contributed by atoms with Crippen LogP contribution in [0.1, 0.15) is 23.2 Å². The van der Waals surface area contributed by atoms with E-state index in [0.29, 0.717) is 18.7 Å². The van der Waals surface area contributed by atoms with E-state index in [1.54, 1.807) is 16.7 Å². The minimum atomic E-state index is -0.0934. The van der Waals surface area contributed by atoms with Crippen molar-refractivity contribution in [2.24, 2.45) is 0 Å². The van der Waals surface area contributed by atoms with Crippen molar-refractivity contribution < 1.29 is 14.3 Å². The predicted octanol–water partition coefficient (Wildman–Crippen LogP) is 1.53. The number of benzene rings is 1. The molecule has 2 amide bonds. The third-order valence-electron chi connectivity index (χ3n) is 3.89. The second-order valence-electron chi connectivity index (χ2n) is 5.52. The van der Waals surface area contributed by atoms with Gasteiger partial charge in [0, 0.05) is 30.3 Å². The molecule has 0 bridgehead atoms. The second kappa shape index (κ2) is 7.15. The van der Waals surface area contributed by atoms with Crippen LogP contribution in [0.5, 0.6) is 0 Å². The molecule has 5 nitrogen and oxygen atoms in total. The number of ether oxygens (including phenoxy) is 1. The lowest BCUT2D eigenvalue weighted by Gasteiger charge is -2.27. The van der Waals surface area contributed by atoms with Gasteiger partial charge in [-0.3, -0.25) is 9.59 Å². The Kier molecular flexibility index (Phi) is 5.00. The number of hydrogen-bond donors (Lipinski definition) is 1. The molecule has 2 fully saturated rings.